The number of amides is 1. The molecule has 0 aromatic carbocycles. The average molecular weight is 236 g/mol. The Hall–Kier alpha value is -1.62. The Bertz CT molecular complexity index is 437. The molecule has 1 aliphatic heterocycles. The van der Waals surface area contributed by atoms with E-state index in [0.717, 1.165) is 6.42 Å². The second-order valence-corrected chi connectivity index (χ2v) is 3.85. The summed E-state index contributed by atoms with van der Waals surface area (Å²) < 4.78 is 5.14. The fourth-order valence-corrected chi connectivity index (χ4v) is 1.80. The van der Waals surface area contributed by atoms with Gasteiger partial charge < -0.3 is 9.73 Å². The van der Waals surface area contributed by atoms with E-state index in [1.807, 2.05) is 6.92 Å². The van der Waals surface area contributed by atoms with Crippen molar-refractivity contribution in [1.82, 2.24) is 10.2 Å². The van der Waals surface area contributed by atoms with Crippen LogP contribution in [0.15, 0.2) is 28.5 Å². The molecule has 0 atom stereocenters. The van der Waals surface area contributed by atoms with E-state index in [4.69, 9.17) is 16.6 Å². The summed E-state index contributed by atoms with van der Waals surface area (Å²) in [6.45, 7) is 2.64. The van der Waals surface area contributed by atoms with E-state index < -0.39 is 0 Å². The molecule has 0 spiro atoms. The highest BCUT2D eigenvalue weighted by Crippen LogP contribution is 2.14. The van der Waals surface area contributed by atoms with E-state index in [-0.39, 0.29) is 5.91 Å². The number of carbonyl (C=O) groups is 1. The van der Waals surface area contributed by atoms with Crippen LogP contribution in [-0.2, 0) is 4.79 Å². The number of furan rings is 1. The van der Waals surface area contributed by atoms with Crippen molar-refractivity contribution in [3.05, 3.63) is 29.9 Å². The molecular formula is C11H12N2O2S. The summed E-state index contributed by atoms with van der Waals surface area (Å²) in [5.41, 5.74) is 0.466. The maximum absolute atomic E-state index is 11.9. The topological polar surface area (TPSA) is 45.5 Å². The number of rotatable bonds is 3. The fourth-order valence-electron chi connectivity index (χ4n) is 1.51. The lowest BCUT2D eigenvalue weighted by Crippen LogP contribution is -2.31. The number of hydrogen-bond donors (Lipinski definition) is 1. The van der Waals surface area contributed by atoms with Crippen LogP contribution in [0, 0.1) is 0 Å². The maximum atomic E-state index is 11.9. The van der Waals surface area contributed by atoms with Crippen molar-refractivity contribution in [2.45, 2.75) is 13.3 Å². The minimum Gasteiger partial charge on any atom is -0.465 e. The second-order valence-electron chi connectivity index (χ2n) is 3.46. The highest BCUT2D eigenvalue weighted by atomic mass is 32.1. The van der Waals surface area contributed by atoms with Gasteiger partial charge in [0, 0.05) is 12.6 Å². The monoisotopic (exact) mass is 236 g/mol. The Morgan fingerprint density at radius 1 is 1.62 bits per heavy atom. The van der Waals surface area contributed by atoms with Crippen LogP contribution in [-0.4, -0.2) is 22.5 Å². The summed E-state index contributed by atoms with van der Waals surface area (Å²) >= 11 is 5.08. The number of carbonyl (C=O) groups excluding carboxylic acids is 1. The van der Waals surface area contributed by atoms with Crippen LogP contribution in [0.4, 0.5) is 0 Å². The molecule has 0 unspecified atom stereocenters. The van der Waals surface area contributed by atoms with Gasteiger partial charge in [0.1, 0.15) is 11.5 Å². The molecule has 84 valence electrons. The molecule has 0 aliphatic carbocycles. The first kappa shape index (κ1) is 10.9. The zero-order valence-electron chi connectivity index (χ0n) is 8.90. The first-order valence-corrected chi connectivity index (χ1v) is 5.51. The molecule has 0 bridgehead atoms. The van der Waals surface area contributed by atoms with Crippen LogP contribution in [0.5, 0.6) is 0 Å². The largest absolute Gasteiger partial charge is 0.465 e. The fraction of sp³-hybridized carbons (Fsp3) is 0.273. The third-order valence-electron chi connectivity index (χ3n) is 2.24. The maximum Gasteiger partial charge on any atom is 0.276 e. The van der Waals surface area contributed by atoms with Crippen molar-refractivity contribution in [3.8, 4) is 0 Å². The Morgan fingerprint density at radius 3 is 3.06 bits per heavy atom. The van der Waals surface area contributed by atoms with E-state index in [2.05, 4.69) is 5.32 Å². The summed E-state index contributed by atoms with van der Waals surface area (Å²) in [5, 5.41) is 3.35. The molecule has 4 nitrogen and oxygen atoms in total. The number of nitrogens with zero attached hydrogens (tertiary/aromatic N) is 1. The van der Waals surface area contributed by atoms with Gasteiger partial charge in [0.25, 0.3) is 5.91 Å². The zero-order chi connectivity index (χ0) is 11.5. The third-order valence-corrected chi connectivity index (χ3v) is 2.56. The van der Waals surface area contributed by atoms with E-state index in [0.29, 0.717) is 23.1 Å². The molecule has 2 heterocycles. The van der Waals surface area contributed by atoms with Crippen molar-refractivity contribution in [3.63, 3.8) is 0 Å². The number of nitrogens with one attached hydrogen (secondary N) is 1. The van der Waals surface area contributed by atoms with E-state index in [9.17, 15) is 4.79 Å². The molecule has 2 rings (SSSR count). The SMILES string of the molecule is CCCN1C(=O)/C(=C\c2ccco2)NC1=S. The van der Waals surface area contributed by atoms with Gasteiger partial charge in [0.2, 0.25) is 0 Å². The van der Waals surface area contributed by atoms with Crippen molar-refractivity contribution in [2.75, 3.05) is 6.54 Å². The average Bonchev–Trinajstić information content (AvgIpc) is 2.84. The molecule has 0 radical (unpaired) electrons. The quantitative estimate of drug-likeness (QED) is 0.641. The molecule has 1 aromatic heterocycles. The van der Waals surface area contributed by atoms with Crippen molar-refractivity contribution < 1.29 is 9.21 Å². The molecule has 16 heavy (non-hydrogen) atoms. The summed E-state index contributed by atoms with van der Waals surface area (Å²) in [5.74, 6) is 0.542. The first-order chi connectivity index (χ1) is 7.72. The van der Waals surface area contributed by atoms with Crippen LogP contribution in [0.3, 0.4) is 0 Å². The lowest BCUT2D eigenvalue weighted by Gasteiger charge is -2.11. The molecule has 1 N–H and O–H groups in total. The van der Waals surface area contributed by atoms with Gasteiger partial charge in [-0.25, -0.2) is 0 Å². The first-order valence-electron chi connectivity index (χ1n) is 5.10. The van der Waals surface area contributed by atoms with Crippen molar-refractivity contribution >= 4 is 29.3 Å². The van der Waals surface area contributed by atoms with Gasteiger partial charge in [-0.05, 0) is 30.8 Å². The molecule has 0 saturated carbocycles. The minimum atomic E-state index is -0.0942. The van der Waals surface area contributed by atoms with Gasteiger partial charge in [-0.2, -0.15) is 0 Å². The second kappa shape index (κ2) is 4.49. The molecule has 1 aromatic rings. The Balaban J connectivity index is 2.20. The standard InChI is InChI=1S/C11H12N2O2S/c1-2-5-13-10(14)9(12-11(13)16)7-8-4-3-6-15-8/h3-4,6-7H,2,5H2,1H3,(H,12,16)/b9-7+. The zero-order valence-corrected chi connectivity index (χ0v) is 9.71. The smallest absolute Gasteiger partial charge is 0.276 e. The highest BCUT2D eigenvalue weighted by Gasteiger charge is 2.29. The van der Waals surface area contributed by atoms with E-state index >= 15 is 0 Å². The predicted molar refractivity (Wildman–Crippen MR) is 64.4 cm³/mol. The van der Waals surface area contributed by atoms with Crippen molar-refractivity contribution in [2.24, 2.45) is 0 Å². The van der Waals surface area contributed by atoms with Crippen LogP contribution >= 0.6 is 12.2 Å². The van der Waals surface area contributed by atoms with Gasteiger partial charge in [-0.3, -0.25) is 9.69 Å². The minimum absolute atomic E-state index is 0.0942. The normalized spacial score (nSPS) is 18.3. The van der Waals surface area contributed by atoms with Gasteiger partial charge in [0.05, 0.1) is 6.26 Å². The van der Waals surface area contributed by atoms with Crippen molar-refractivity contribution in [1.29, 1.82) is 0 Å². The van der Waals surface area contributed by atoms with Gasteiger partial charge >= 0.3 is 0 Å². The molecule has 5 heteroatoms. The van der Waals surface area contributed by atoms with E-state index in [1.54, 1.807) is 29.4 Å². The van der Waals surface area contributed by atoms with Gasteiger partial charge in [0.15, 0.2) is 5.11 Å². The number of hydrogen-bond acceptors (Lipinski definition) is 3. The molecule has 1 fully saturated rings. The van der Waals surface area contributed by atoms with Crippen LogP contribution in [0.2, 0.25) is 0 Å². The van der Waals surface area contributed by atoms with Gasteiger partial charge in [-0.15, -0.1) is 0 Å². The summed E-state index contributed by atoms with van der Waals surface area (Å²) in [4.78, 5) is 13.5. The third kappa shape index (κ3) is 1.99. The number of thiocarbonyl (C=S) groups is 1. The highest BCUT2D eigenvalue weighted by molar-refractivity contribution is 7.80. The molecule has 1 aliphatic rings. The molecule has 1 amide bonds. The Kier molecular flexibility index (Phi) is 3.05. The molecular weight excluding hydrogens is 224 g/mol. The van der Waals surface area contributed by atoms with Gasteiger partial charge in [-0.1, -0.05) is 6.92 Å². The lowest BCUT2D eigenvalue weighted by molar-refractivity contribution is -0.122. The van der Waals surface area contributed by atoms with Crippen LogP contribution < -0.4 is 5.32 Å². The lowest BCUT2D eigenvalue weighted by atomic mass is 10.3. The van der Waals surface area contributed by atoms with Crippen LogP contribution in [0.1, 0.15) is 19.1 Å². The summed E-state index contributed by atoms with van der Waals surface area (Å²) in [7, 11) is 0. The Morgan fingerprint density at radius 2 is 2.44 bits per heavy atom. The summed E-state index contributed by atoms with van der Waals surface area (Å²) in [6.07, 6.45) is 4.10. The van der Waals surface area contributed by atoms with E-state index in [1.165, 1.54) is 0 Å². The summed E-state index contributed by atoms with van der Waals surface area (Å²) in [6, 6.07) is 3.56. The Labute approximate surface area is 98.9 Å². The van der Waals surface area contributed by atoms with Crippen LogP contribution in [0.25, 0.3) is 6.08 Å². The predicted octanol–water partition coefficient (Wildman–Crippen LogP) is 1.75. The molecule has 1 saturated heterocycles.